The van der Waals surface area contributed by atoms with Gasteiger partial charge >= 0.3 is 0 Å². The summed E-state index contributed by atoms with van der Waals surface area (Å²) in [6.07, 6.45) is 3.36. The monoisotopic (exact) mass is 464 g/mol. The maximum Gasteiger partial charge on any atom is 0.280 e. The first-order valence-corrected chi connectivity index (χ1v) is 11.1. The number of aromatic nitrogens is 5. The van der Waals surface area contributed by atoms with E-state index in [9.17, 15) is 4.79 Å². The van der Waals surface area contributed by atoms with Crippen LogP contribution >= 0.6 is 0 Å². The lowest BCUT2D eigenvalue weighted by Crippen LogP contribution is -2.19. The highest BCUT2D eigenvalue weighted by Crippen LogP contribution is 2.24. The molecule has 5 rings (SSSR count). The van der Waals surface area contributed by atoms with E-state index in [1.54, 1.807) is 24.4 Å². The SMILES string of the molecule is COc1ccc(-n2[nH]c(-c3ccccc3)c(C(C)=Nc3ccc(Cn4cnnc4)cc3)c2=O)cc1. The van der Waals surface area contributed by atoms with Crippen LogP contribution in [0.1, 0.15) is 18.1 Å². The van der Waals surface area contributed by atoms with Gasteiger partial charge in [-0.15, -0.1) is 10.2 Å². The Morgan fingerprint density at radius 1 is 0.943 bits per heavy atom. The van der Waals surface area contributed by atoms with E-state index in [2.05, 4.69) is 15.3 Å². The predicted molar refractivity (Wildman–Crippen MR) is 136 cm³/mol. The summed E-state index contributed by atoms with van der Waals surface area (Å²) in [6, 6.07) is 25.0. The number of hydrogen-bond acceptors (Lipinski definition) is 5. The molecule has 35 heavy (non-hydrogen) atoms. The van der Waals surface area contributed by atoms with E-state index in [4.69, 9.17) is 9.73 Å². The van der Waals surface area contributed by atoms with Crippen molar-refractivity contribution in [1.29, 1.82) is 0 Å². The summed E-state index contributed by atoms with van der Waals surface area (Å²) in [5.41, 5.74) is 5.21. The maximum absolute atomic E-state index is 13.6. The van der Waals surface area contributed by atoms with Gasteiger partial charge in [-0.25, -0.2) is 4.68 Å². The van der Waals surface area contributed by atoms with Gasteiger partial charge in [-0.3, -0.25) is 14.9 Å². The van der Waals surface area contributed by atoms with Gasteiger partial charge < -0.3 is 9.30 Å². The van der Waals surface area contributed by atoms with E-state index in [1.807, 2.05) is 90.4 Å². The number of nitrogens with zero attached hydrogens (tertiary/aromatic N) is 5. The van der Waals surface area contributed by atoms with E-state index >= 15 is 0 Å². The van der Waals surface area contributed by atoms with E-state index in [0.29, 0.717) is 23.5 Å². The van der Waals surface area contributed by atoms with E-state index < -0.39 is 0 Å². The summed E-state index contributed by atoms with van der Waals surface area (Å²) < 4.78 is 8.69. The number of ether oxygens (including phenoxy) is 1. The van der Waals surface area contributed by atoms with Crippen molar-refractivity contribution in [2.45, 2.75) is 13.5 Å². The van der Waals surface area contributed by atoms with Crippen molar-refractivity contribution < 1.29 is 4.74 Å². The third-order valence-corrected chi connectivity index (χ3v) is 5.71. The van der Waals surface area contributed by atoms with Crippen LogP contribution in [-0.2, 0) is 6.54 Å². The van der Waals surface area contributed by atoms with Crippen LogP contribution in [-0.4, -0.2) is 37.4 Å². The number of hydrogen-bond donors (Lipinski definition) is 1. The number of rotatable bonds is 7. The second-order valence-corrected chi connectivity index (χ2v) is 8.06. The van der Waals surface area contributed by atoms with Crippen molar-refractivity contribution >= 4 is 11.4 Å². The van der Waals surface area contributed by atoms with Crippen molar-refractivity contribution in [2.75, 3.05) is 7.11 Å². The van der Waals surface area contributed by atoms with Gasteiger partial charge in [0.05, 0.1) is 35.5 Å². The average molecular weight is 465 g/mol. The average Bonchev–Trinajstić information content (AvgIpc) is 3.53. The Bertz CT molecular complexity index is 1500. The number of aliphatic imine (C=N–C) groups is 1. The summed E-state index contributed by atoms with van der Waals surface area (Å²) in [6.45, 7) is 2.54. The van der Waals surface area contributed by atoms with Gasteiger partial charge in [0.15, 0.2) is 0 Å². The van der Waals surface area contributed by atoms with Crippen molar-refractivity contribution in [1.82, 2.24) is 24.5 Å². The Labute approximate surface area is 202 Å². The second-order valence-electron chi connectivity index (χ2n) is 8.06. The third kappa shape index (κ3) is 4.67. The molecule has 2 heterocycles. The summed E-state index contributed by atoms with van der Waals surface area (Å²) in [5, 5.41) is 11.0. The van der Waals surface area contributed by atoms with Crippen molar-refractivity contribution in [3.8, 4) is 22.7 Å². The minimum absolute atomic E-state index is 0.167. The number of H-pyrrole nitrogens is 1. The fraction of sp³-hybridized carbons (Fsp3) is 0.111. The molecule has 0 aliphatic rings. The fourth-order valence-electron chi connectivity index (χ4n) is 3.94. The van der Waals surface area contributed by atoms with Gasteiger partial charge in [-0.1, -0.05) is 42.5 Å². The molecule has 0 saturated carbocycles. The summed E-state index contributed by atoms with van der Waals surface area (Å²) >= 11 is 0. The molecule has 8 nitrogen and oxygen atoms in total. The number of methoxy groups -OCH3 is 1. The first-order chi connectivity index (χ1) is 17.1. The van der Waals surface area contributed by atoms with Crippen LogP contribution < -0.4 is 10.3 Å². The number of benzene rings is 3. The molecule has 8 heteroatoms. The van der Waals surface area contributed by atoms with Gasteiger partial charge in [0.25, 0.3) is 5.56 Å². The zero-order valence-corrected chi connectivity index (χ0v) is 19.4. The Balaban J connectivity index is 1.53. The normalized spacial score (nSPS) is 11.5. The molecule has 0 aliphatic carbocycles. The predicted octanol–water partition coefficient (Wildman–Crippen LogP) is 4.62. The van der Waals surface area contributed by atoms with Crippen molar-refractivity contribution in [3.63, 3.8) is 0 Å². The Hall–Kier alpha value is -4.72. The van der Waals surface area contributed by atoms with E-state index in [1.165, 1.54) is 0 Å². The van der Waals surface area contributed by atoms with Crippen LogP contribution in [0.15, 0.2) is 101 Å². The number of aromatic amines is 1. The molecule has 0 atom stereocenters. The van der Waals surface area contributed by atoms with Gasteiger partial charge in [0.1, 0.15) is 18.4 Å². The fourth-order valence-corrected chi connectivity index (χ4v) is 3.94. The minimum Gasteiger partial charge on any atom is -0.497 e. The molecule has 0 aliphatic heterocycles. The topological polar surface area (TPSA) is 90.1 Å². The van der Waals surface area contributed by atoms with Gasteiger partial charge in [0, 0.05) is 12.1 Å². The van der Waals surface area contributed by atoms with Crippen LogP contribution in [0.3, 0.4) is 0 Å². The molecule has 3 aromatic carbocycles. The molecule has 0 amide bonds. The standard InChI is InChI=1S/C27H24N6O2/c1-19(30-22-10-8-20(9-11-22)16-32-17-28-29-18-32)25-26(21-6-4-3-5-7-21)31-33(27(25)34)23-12-14-24(35-2)15-13-23/h3-15,17-18,31H,16H2,1-2H3. The molecule has 0 saturated heterocycles. The summed E-state index contributed by atoms with van der Waals surface area (Å²) in [7, 11) is 1.61. The molecule has 0 spiro atoms. The van der Waals surface area contributed by atoms with Crippen LogP contribution in [0.5, 0.6) is 5.75 Å². The molecule has 0 radical (unpaired) electrons. The van der Waals surface area contributed by atoms with Crippen LogP contribution in [0, 0.1) is 0 Å². The zero-order chi connectivity index (χ0) is 24.2. The molecule has 0 unspecified atom stereocenters. The minimum atomic E-state index is -0.167. The van der Waals surface area contributed by atoms with Crippen molar-refractivity contribution in [3.05, 3.63) is 113 Å². The Morgan fingerprint density at radius 3 is 2.29 bits per heavy atom. The highest BCUT2D eigenvalue weighted by atomic mass is 16.5. The first-order valence-electron chi connectivity index (χ1n) is 11.1. The Morgan fingerprint density at radius 2 is 1.63 bits per heavy atom. The van der Waals surface area contributed by atoms with Crippen LogP contribution in [0.4, 0.5) is 5.69 Å². The highest BCUT2D eigenvalue weighted by Gasteiger charge is 2.19. The zero-order valence-electron chi connectivity index (χ0n) is 19.4. The smallest absolute Gasteiger partial charge is 0.280 e. The van der Waals surface area contributed by atoms with Gasteiger partial charge in [-0.05, 0) is 48.9 Å². The van der Waals surface area contributed by atoms with Crippen LogP contribution in [0.2, 0.25) is 0 Å². The van der Waals surface area contributed by atoms with Gasteiger partial charge in [0.2, 0.25) is 0 Å². The Kier molecular flexibility index (Phi) is 6.09. The largest absolute Gasteiger partial charge is 0.497 e. The summed E-state index contributed by atoms with van der Waals surface area (Å²) in [5.74, 6) is 0.724. The highest BCUT2D eigenvalue weighted by molar-refractivity contribution is 6.04. The molecule has 0 fully saturated rings. The third-order valence-electron chi connectivity index (χ3n) is 5.71. The van der Waals surface area contributed by atoms with Gasteiger partial charge in [-0.2, -0.15) is 0 Å². The van der Waals surface area contributed by atoms with Crippen LogP contribution in [0.25, 0.3) is 16.9 Å². The quantitative estimate of drug-likeness (QED) is 0.356. The molecule has 1 N–H and O–H groups in total. The first kappa shape index (κ1) is 22.1. The molecule has 2 aromatic heterocycles. The van der Waals surface area contributed by atoms with E-state index in [0.717, 1.165) is 28.3 Å². The van der Waals surface area contributed by atoms with E-state index in [-0.39, 0.29) is 5.56 Å². The lowest BCUT2D eigenvalue weighted by molar-refractivity contribution is 0.414. The molecular weight excluding hydrogens is 440 g/mol. The lowest BCUT2D eigenvalue weighted by Gasteiger charge is -2.05. The number of nitrogens with one attached hydrogen (secondary N) is 1. The molecule has 0 bridgehead atoms. The molecule has 174 valence electrons. The second kappa shape index (κ2) is 9.64. The molecule has 5 aromatic rings. The van der Waals surface area contributed by atoms with Crippen molar-refractivity contribution in [2.24, 2.45) is 4.99 Å². The maximum atomic E-state index is 13.6. The lowest BCUT2D eigenvalue weighted by atomic mass is 10.1. The summed E-state index contributed by atoms with van der Waals surface area (Å²) in [4.78, 5) is 18.4. The molecular formula is C27H24N6O2.